The second-order valence-corrected chi connectivity index (χ2v) is 5.31. The number of halogens is 1. The van der Waals surface area contributed by atoms with E-state index in [-0.39, 0.29) is 11.6 Å². The number of rotatable bonds is 1. The summed E-state index contributed by atoms with van der Waals surface area (Å²) in [5.41, 5.74) is 2.52. The molecule has 0 fully saturated rings. The third-order valence-electron chi connectivity index (χ3n) is 3.92. The van der Waals surface area contributed by atoms with Gasteiger partial charge in [0.2, 0.25) is 0 Å². The first-order valence-electron chi connectivity index (χ1n) is 7.01. The lowest BCUT2D eigenvalue weighted by Gasteiger charge is -2.07. The molecular formula is C18H13FN2O. The summed E-state index contributed by atoms with van der Waals surface area (Å²) >= 11 is 0. The fraction of sp³-hybridized carbons (Fsp3) is 0.0556. The Labute approximate surface area is 126 Å². The Morgan fingerprint density at radius 2 is 1.64 bits per heavy atom. The number of fused-ring (bicyclic) bond motifs is 3. The standard InChI is InChI=1S/C18H13FN2O/c1-11-16-10-17(22)14-4-2-3-5-15(14)18(16)21(20-11)13-8-6-12(19)7-9-13/h2-10,22H,1H3. The Bertz CT molecular complexity index is 1000. The maximum absolute atomic E-state index is 13.2. The minimum absolute atomic E-state index is 0.241. The summed E-state index contributed by atoms with van der Waals surface area (Å²) in [5.74, 6) is -0.0377. The zero-order valence-electron chi connectivity index (χ0n) is 11.9. The molecule has 22 heavy (non-hydrogen) atoms. The molecule has 0 unspecified atom stereocenters. The predicted octanol–water partition coefficient (Wildman–Crippen LogP) is 4.33. The van der Waals surface area contributed by atoms with Gasteiger partial charge in [-0.2, -0.15) is 5.10 Å². The first kappa shape index (κ1) is 12.8. The maximum atomic E-state index is 13.2. The molecule has 0 amide bonds. The number of phenols is 1. The van der Waals surface area contributed by atoms with E-state index in [1.54, 1.807) is 22.9 Å². The molecule has 0 spiro atoms. The van der Waals surface area contributed by atoms with E-state index in [2.05, 4.69) is 5.10 Å². The normalized spacial score (nSPS) is 11.4. The topological polar surface area (TPSA) is 38.0 Å². The quantitative estimate of drug-likeness (QED) is 0.567. The van der Waals surface area contributed by atoms with E-state index in [0.717, 1.165) is 33.1 Å². The van der Waals surface area contributed by atoms with Gasteiger partial charge in [-0.15, -0.1) is 0 Å². The van der Waals surface area contributed by atoms with Crippen molar-refractivity contribution in [2.24, 2.45) is 0 Å². The number of aromatic hydroxyl groups is 1. The molecule has 1 aromatic heterocycles. The lowest BCUT2D eigenvalue weighted by atomic mass is 10.1. The molecule has 4 aromatic rings. The van der Waals surface area contributed by atoms with Crippen LogP contribution in [0.1, 0.15) is 5.69 Å². The summed E-state index contributed by atoms with van der Waals surface area (Å²) in [7, 11) is 0. The van der Waals surface area contributed by atoms with Crippen LogP contribution in [0.5, 0.6) is 5.75 Å². The van der Waals surface area contributed by atoms with Crippen LogP contribution >= 0.6 is 0 Å². The minimum Gasteiger partial charge on any atom is -0.507 e. The first-order valence-corrected chi connectivity index (χ1v) is 7.01. The molecule has 108 valence electrons. The number of nitrogens with zero attached hydrogens (tertiary/aromatic N) is 2. The van der Waals surface area contributed by atoms with Crippen molar-refractivity contribution in [3.8, 4) is 11.4 Å². The van der Waals surface area contributed by atoms with Crippen molar-refractivity contribution in [2.45, 2.75) is 6.92 Å². The van der Waals surface area contributed by atoms with Gasteiger partial charge in [0.25, 0.3) is 0 Å². The van der Waals surface area contributed by atoms with Gasteiger partial charge in [-0.25, -0.2) is 9.07 Å². The largest absolute Gasteiger partial charge is 0.507 e. The van der Waals surface area contributed by atoms with Gasteiger partial charge in [0.05, 0.1) is 16.9 Å². The third kappa shape index (κ3) is 1.77. The molecule has 4 heteroatoms. The second kappa shape index (κ2) is 4.56. The summed E-state index contributed by atoms with van der Waals surface area (Å²) in [5, 5.41) is 17.4. The third-order valence-corrected chi connectivity index (χ3v) is 3.92. The fourth-order valence-electron chi connectivity index (χ4n) is 2.87. The van der Waals surface area contributed by atoms with Gasteiger partial charge in [0.1, 0.15) is 11.6 Å². The van der Waals surface area contributed by atoms with Crippen LogP contribution in [0.3, 0.4) is 0 Å². The van der Waals surface area contributed by atoms with E-state index in [0.29, 0.717) is 0 Å². The molecule has 0 saturated heterocycles. The van der Waals surface area contributed by atoms with Crippen LogP contribution in [0.25, 0.3) is 27.4 Å². The Hall–Kier alpha value is -2.88. The predicted molar refractivity (Wildman–Crippen MR) is 84.9 cm³/mol. The van der Waals surface area contributed by atoms with Gasteiger partial charge in [-0.1, -0.05) is 24.3 Å². The van der Waals surface area contributed by atoms with Crippen molar-refractivity contribution in [1.29, 1.82) is 0 Å². The van der Waals surface area contributed by atoms with Crippen molar-refractivity contribution in [1.82, 2.24) is 9.78 Å². The smallest absolute Gasteiger partial charge is 0.124 e. The molecule has 4 rings (SSSR count). The molecule has 0 aliphatic heterocycles. The summed E-state index contributed by atoms with van der Waals surface area (Å²) in [4.78, 5) is 0. The number of benzene rings is 3. The van der Waals surface area contributed by atoms with Gasteiger partial charge in [-0.3, -0.25) is 0 Å². The van der Waals surface area contributed by atoms with Crippen molar-refractivity contribution in [2.75, 3.05) is 0 Å². The molecule has 0 aliphatic carbocycles. The number of hydrogen-bond acceptors (Lipinski definition) is 2. The zero-order chi connectivity index (χ0) is 15.3. The van der Waals surface area contributed by atoms with Crippen LogP contribution in [0.4, 0.5) is 4.39 Å². The number of hydrogen-bond donors (Lipinski definition) is 1. The molecule has 0 aliphatic rings. The van der Waals surface area contributed by atoms with Crippen LogP contribution in [0.2, 0.25) is 0 Å². The highest BCUT2D eigenvalue weighted by atomic mass is 19.1. The molecule has 0 radical (unpaired) electrons. The van der Waals surface area contributed by atoms with Crippen LogP contribution in [-0.2, 0) is 0 Å². The monoisotopic (exact) mass is 292 g/mol. The highest BCUT2D eigenvalue weighted by Gasteiger charge is 2.14. The summed E-state index contributed by atoms with van der Waals surface area (Å²) < 4.78 is 15.0. The minimum atomic E-state index is -0.278. The van der Waals surface area contributed by atoms with Crippen molar-refractivity contribution >= 4 is 21.7 Å². The Morgan fingerprint density at radius 1 is 0.955 bits per heavy atom. The van der Waals surface area contributed by atoms with E-state index in [1.165, 1.54) is 12.1 Å². The lowest BCUT2D eigenvalue weighted by Crippen LogP contribution is -1.97. The van der Waals surface area contributed by atoms with E-state index < -0.39 is 0 Å². The molecule has 1 heterocycles. The van der Waals surface area contributed by atoms with Gasteiger partial charge in [0, 0.05) is 16.2 Å². The van der Waals surface area contributed by atoms with E-state index in [1.807, 2.05) is 31.2 Å². The van der Waals surface area contributed by atoms with E-state index in [9.17, 15) is 9.50 Å². The highest BCUT2D eigenvalue weighted by molar-refractivity contribution is 6.09. The first-order chi connectivity index (χ1) is 10.6. The Kier molecular flexibility index (Phi) is 2.66. The molecule has 3 nitrogen and oxygen atoms in total. The molecule has 0 bridgehead atoms. The highest BCUT2D eigenvalue weighted by Crippen LogP contribution is 2.35. The van der Waals surface area contributed by atoms with Crippen LogP contribution in [-0.4, -0.2) is 14.9 Å². The molecule has 1 N–H and O–H groups in total. The SMILES string of the molecule is Cc1nn(-c2ccc(F)cc2)c2c1cc(O)c1ccccc12. The van der Waals surface area contributed by atoms with Crippen LogP contribution in [0.15, 0.2) is 54.6 Å². The Morgan fingerprint density at radius 3 is 2.36 bits per heavy atom. The van der Waals surface area contributed by atoms with Crippen molar-refractivity contribution in [3.63, 3.8) is 0 Å². The van der Waals surface area contributed by atoms with E-state index in [4.69, 9.17) is 0 Å². The Balaban J connectivity index is 2.16. The molecule has 3 aromatic carbocycles. The maximum Gasteiger partial charge on any atom is 0.124 e. The number of phenolic OH excluding ortho intramolecular Hbond substituents is 1. The molecule has 0 saturated carbocycles. The molecule has 0 atom stereocenters. The summed E-state index contributed by atoms with van der Waals surface area (Å²) in [6.45, 7) is 1.90. The molecular weight excluding hydrogens is 279 g/mol. The average Bonchev–Trinajstić information content (AvgIpc) is 2.86. The summed E-state index contributed by atoms with van der Waals surface area (Å²) in [6.07, 6.45) is 0. The fourth-order valence-corrected chi connectivity index (χ4v) is 2.87. The summed E-state index contributed by atoms with van der Waals surface area (Å²) in [6, 6.07) is 15.6. The lowest BCUT2D eigenvalue weighted by molar-refractivity contribution is 0.482. The second-order valence-electron chi connectivity index (χ2n) is 5.31. The van der Waals surface area contributed by atoms with Gasteiger partial charge >= 0.3 is 0 Å². The van der Waals surface area contributed by atoms with Crippen molar-refractivity contribution < 1.29 is 9.50 Å². The van der Waals surface area contributed by atoms with Gasteiger partial charge in [0.15, 0.2) is 0 Å². The van der Waals surface area contributed by atoms with E-state index >= 15 is 0 Å². The van der Waals surface area contributed by atoms with Crippen LogP contribution in [0, 0.1) is 12.7 Å². The van der Waals surface area contributed by atoms with Crippen LogP contribution < -0.4 is 0 Å². The van der Waals surface area contributed by atoms with Crippen molar-refractivity contribution in [3.05, 3.63) is 66.1 Å². The zero-order valence-corrected chi connectivity index (χ0v) is 11.9. The number of aryl methyl sites for hydroxylation is 1. The van der Waals surface area contributed by atoms with Gasteiger partial charge in [-0.05, 0) is 37.3 Å². The average molecular weight is 292 g/mol. The van der Waals surface area contributed by atoms with Gasteiger partial charge < -0.3 is 5.11 Å². The number of aromatic nitrogens is 2.